The average Bonchev–Trinajstić information content (AvgIpc) is 3.07. The zero-order chi connectivity index (χ0) is 22.9. The number of fused-ring (bicyclic) bond motifs is 1. The van der Waals surface area contributed by atoms with Crippen molar-refractivity contribution in [3.63, 3.8) is 0 Å². The fourth-order valence-electron chi connectivity index (χ4n) is 3.83. The molecule has 0 aromatic heterocycles. The highest BCUT2D eigenvalue weighted by atomic mass is 32.2. The van der Waals surface area contributed by atoms with Crippen molar-refractivity contribution in [2.24, 2.45) is 0 Å². The molecule has 9 heteroatoms. The minimum absolute atomic E-state index is 0.151. The molecular formula is C23H20N2O6S. The summed E-state index contributed by atoms with van der Waals surface area (Å²) in [7, 11) is -4.20. The first-order valence-corrected chi connectivity index (χ1v) is 11.5. The van der Waals surface area contributed by atoms with Crippen molar-refractivity contribution in [2.45, 2.75) is 43.2 Å². The van der Waals surface area contributed by atoms with Crippen LogP contribution in [0.25, 0.3) is 0 Å². The maximum absolute atomic E-state index is 12.8. The van der Waals surface area contributed by atoms with Gasteiger partial charge in [0.15, 0.2) is 0 Å². The Morgan fingerprint density at radius 1 is 1.09 bits per heavy atom. The second-order valence-corrected chi connectivity index (χ2v) is 9.11. The van der Waals surface area contributed by atoms with E-state index in [1.54, 1.807) is 18.2 Å². The van der Waals surface area contributed by atoms with E-state index in [0.29, 0.717) is 36.9 Å². The molecule has 4 rings (SSSR count). The van der Waals surface area contributed by atoms with Crippen LogP contribution >= 0.6 is 0 Å². The first-order valence-electron chi connectivity index (χ1n) is 10.1. The van der Waals surface area contributed by atoms with Gasteiger partial charge in [0.1, 0.15) is 6.04 Å². The van der Waals surface area contributed by atoms with Crippen LogP contribution in [0.1, 0.15) is 46.3 Å². The van der Waals surface area contributed by atoms with Crippen LogP contribution < -0.4 is 5.32 Å². The van der Waals surface area contributed by atoms with E-state index >= 15 is 0 Å². The number of benzene rings is 2. The summed E-state index contributed by atoms with van der Waals surface area (Å²) >= 11 is 0. The van der Waals surface area contributed by atoms with Gasteiger partial charge in [-0.15, -0.1) is 0 Å². The molecule has 0 saturated carbocycles. The molecule has 2 N–H and O–H groups in total. The number of nitrogens with zero attached hydrogens (tertiary/aromatic N) is 1. The summed E-state index contributed by atoms with van der Waals surface area (Å²) in [5, 5.41) is 2.29. The molecule has 0 bridgehead atoms. The Kier molecular flexibility index (Phi) is 5.82. The first kappa shape index (κ1) is 21.7. The molecule has 2 heterocycles. The normalized spacial score (nSPS) is 18.1. The highest BCUT2D eigenvalue weighted by Gasteiger charge is 2.39. The van der Waals surface area contributed by atoms with Crippen molar-refractivity contribution in [1.82, 2.24) is 10.2 Å². The molecule has 1 fully saturated rings. The number of rotatable bonds is 4. The standard InChI is InChI=1S/C23H20N2O6S/c26-21-12-11-20(22(27)24-21)25-14-17-8-5-16(13-19(17)23(25)28)4-2-1-3-15-6-9-18(10-7-15)32(29,30)31/h5-10,13,20H,1,3,11-12,14H2,(H,24,26,27)(H,29,30,31). The highest BCUT2D eigenvalue weighted by molar-refractivity contribution is 7.85. The SMILES string of the molecule is O=C1CCC(N2Cc3ccc(C#CCCc4ccc(S(=O)(=O)O)cc4)cc3C2=O)C(=O)N1. The van der Waals surface area contributed by atoms with Crippen LogP contribution in [0.4, 0.5) is 0 Å². The van der Waals surface area contributed by atoms with Crippen LogP contribution in [0, 0.1) is 11.8 Å². The third-order valence-electron chi connectivity index (χ3n) is 5.52. The largest absolute Gasteiger partial charge is 0.322 e. The van der Waals surface area contributed by atoms with Gasteiger partial charge in [0.25, 0.3) is 16.0 Å². The van der Waals surface area contributed by atoms with Gasteiger partial charge in [-0.3, -0.25) is 24.3 Å². The fourth-order valence-corrected chi connectivity index (χ4v) is 4.31. The Balaban J connectivity index is 1.40. The van der Waals surface area contributed by atoms with Crippen LogP contribution in [0.2, 0.25) is 0 Å². The summed E-state index contributed by atoms with van der Waals surface area (Å²) < 4.78 is 31.2. The molecule has 2 aromatic carbocycles. The quantitative estimate of drug-likeness (QED) is 0.414. The van der Waals surface area contributed by atoms with Gasteiger partial charge in [-0.1, -0.05) is 30.0 Å². The van der Waals surface area contributed by atoms with E-state index in [4.69, 9.17) is 4.55 Å². The summed E-state index contributed by atoms with van der Waals surface area (Å²) in [6.45, 7) is 0.327. The van der Waals surface area contributed by atoms with Gasteiger partial charge in [-0.05, 0) is 48.2 Å². The zero-order valence-electron chi connectivity index (χ0n) is 17.0. The lowest BCUT2D eigenvalue weighted by atomic mass is 10.0. The Labute approximate surface area is 185 Å². The number of carbonyl (C=O) groups excluding carboxylic acids is 3. The molecule has 1 atom stereocenters. The Bertz CT molecular complexity index is 1270. The minimum Gasteiger partial charge on any atom is -0.322 e. The molecule has 2 aromatic rings. The van der Waals surface area contributed by atoms with E-state index in [-0.39, 0.29) is 23.1 Å². The monoisotopic (exact) mass is 452 g/mol. The predicted molar refractivity (Wildman–Crippen MR) is 114 cm³/mol. The number of carbonyl (C=O) groups is 3. The Hall–Kier alpha value is -3.48. The maximum atomic E-state index is 12.8. The number of piperidine rings is 1. The lowest BCUT2D eigenvalue weighted by Crippen LogP contribution is -2.52. The van der Waals surface area contributed by atoms with Crippen LogP contribution in [0.3, 0.4) is 0 Å². The van der Waals surface area contributed by atoms with Crippen molar-refractivity contribution >= 4 is 27.8 Å². The van der Waals surface area contributed by atoms with Crippen LogP contribution in [0.5, 0.6) is 0 Å². The van der Waals surface area contributed by atoms with Gasteiger partial charge in [0.2, 0.25) is 11.8 Å². The second-order valence-electron chi connectivity index (χ2n) is 7.69. The maximum Gasteiger partial charge on any atom is 0.294 e. The third kappa shape index (κ3) is 4.56. The van der Waals surface area contributed by atoms with Crippen molar-refractivity contribution in [2.75, 3.05) is 0 Å². The molecular weight excluding hydrogens is 432 g/mol. The third-order valence-corrected chi connectivity index (χ3v) is 6.39. The van der Waals surface area contributed by atoms with Crippen LogP contribution in [-0.2, 0) is 32.7 Å². The molecule has 32 heavy (non-hydrogen) atoms. The van der Waals surface area contributed by atoms with Gasteiger partial charge < -0.3 is 4.90 Å². The van der Waals surface area contributed by atoms with E-state index in [9.17, 15) is 22.8 Å². The molecule has 0 aliphatic carbocycles. The van der Waals surface area contributed by atoms with E-state index < -0.39 is 22.1 Å². The molecule has 2 aliphatic heterocycles. The van der Waals surface area contributed by atoms with Gasteiger partial charge in [0.05, 0.1) is 4.90 Å². The number of hydrogen-bond donors (Lipinski definition) is 2. The molecule has 1 unspecified atom stereocenters. The first-order chi connectivity index (χ1) is 15.2. The minimum atomic E-state index is -4.20. The van der Waals surface area contributed by atoms with Crippen LogP contribution in [-0.4, -0.2) is 41.6 Å². The highest BCUT2D eigenvalue weighted by Crippen LogP contribution is 2.28. The molecule has 0 spiro atoms. The molecule has 3 amide bonds. The number of imide groups is 1. The molecule has 8 nitrogen and oxygen atoms in total. The van der Waals surface area contributed by atoms with Gasteiger partial charge in [0, 0.05) is 30.5 Å². The Morgan fingerprint density at radius 3 is 2.53 bits per heavy atom. The smallest absolute Gasteiger partial charge is 0.294 e. The predicted octanol–water partition coefficient (Wildman–Crippen LogP) is 1.68. The van der Waals surface area contributed by atoms with E-state index in [2.05, 4.69) is 17.2 Å². The van der Waals surface area contributed by atoms with Crippen LogP contribution in [0.15, 0.2) is 47.4 Å². The summed E-state index contributed by atoms with van der Waals surface area (Å²) in [4.78, 5) is 37.7. The lowest BCUT2D eigenvalue weighted by Gasteiger charge is -2.29. The summed E-state index contributed by atoms with van der Waals surface area (Å²) in [6.07, 6.45) is 1.67. The van der Waals surface area contributed by atoms with E-state index in [0.717, 1.165) is 11.1 Å². The van der Waals surface area contributed by atoms with E-state index in [1.807, 2.05) is 12.1 Å². The van der Waals surface area contributed by atoms with Gasteiger partial charge >= 0.3 is 0 Å². The summed E-state index contributed by atoms with van der Waals surface area (Å²) in [5.74, 6) is 5.08. The number of amides is 3. The summed E-state index contributed by atoms with van der Waals surface area (Å²) in [5.41, 5.74) is 2.91. The van der Waals surface area contributed by atoms with Gasteiger partial charge in [-0.2, -0.15) is 8.42 Å². The van der Waals surface area contributed by atoms with E-state index in [1.165, 1.54) is 17.0 Å². The van der Waals surface area contributed by atoms with Crippen molar-refractivity contribution in [3.05, 3.63) is 64.7 Å². The summed E-state index contributed by atoms with van der Waals surface area (Å²) in [6, 6.07) is 10.7. The van der Waals surface area contributed by atoms with Gasteiger partial charge in [-0.25, -0.2) is 0 Å². The molecule has 164 valence electrons. The zero-order valence-corrected chi connectivity index (χ0v) is 17.8. The molecule has 2 aliphatic rings. The lowest BCUT2D eigenvalue weighted by molar-refractivity contribution is -0.136. The van der Waals surface area contributed by atoms with Crippen molar-refractivity contribution in [1.29, 1.82) is 0 Å². The number of nitrogens with one attached hydrogen (secondary N) is 1. The number of aryl methyl sites for hydroxylation is 1. The molecule has 0 radical (unpaired) electrons. The topological polar surface area (TPSA) is 121 Å². The number of hydrogen-bond acceptors (Lipinski definition) is 5. The van der Waals surface area contributed by atoms with Crippen molar-refractivity contribution < 1.29 is 27.4 Å². The average molecular weight is 452 g/mol. The second kappa shape index (κ2) is 8.57. The molecule has 1 saturated heterocycles. The van der Waals surface area contributed by atoms with Crippen molar-refractivity contribution in [3.8, 4) is 11.8 Å². The fraction of sp³-hybridized carbons (Fsp3) is 0.261. The Morgan fingerprint density at radius 2 is 1.84 bits per heavy atom.